The minimum absolute atomic E-state index is 0.284. The molecule has 0 N–H and O–H groups in total. The second-order valence-corrected chi connectivity index (χ2v) is 4.86. The average Bonchev–Trinajstić information content (AvgIpc) is 2.34. The van der Waals surface area contributed by atoms with Crippen molar-refractivity contribution in [2.75, 3.05) is 6.61 Å². The molecule has 0 amide bonds. The molecule has 0 aromatic carbocycles. The first-order chi connectivity index (χ1) is 7.76. The van der Waals surface area contributed by atoms with E-state index >= 15 is 0 Å². The number of hydrogen-bond donors (Lipinski definition) is 0. The molecule has 1 aliphatic carbocycles. The predicted molar refractivity (Wildman–Crippen MR) is 66.1 cm³/mol. The van der Waals surface area contributed by atoms with Crippen LogP contribution in [0.15, 0.2) is 12.7 Å². The van der Waals surface area contributed by atoms with E-state index < -0.39 is 0 Å². The molecule has 0 atom stereocenters. The smallest absolute Gasteiger partial charge is 0.330 e. The molecule has 0 aromatic heterocycles. The zero-order chi connectivity index (χ0) is 11.8. The molecule has 1 rings (SSSR count). The molecule has 0 unspecified atom stereocenters. The van der Waals surface area contributed by atoms with Gasteiger partial charge in [0.2, 0.25) is 0 Å². The summed E-state index contributed by atoms with van der Waals surface area (Å²) in [6, 6.07) is 0. The van der Waals surface area contributed by atoms with Crippen LogP contribution < -0.4 is 0 Å². The van der Waals surface area contributed by atoms with Crippen molar-refractivity contribution in [1.29, 1.82) is 0 Å². The van der Waals surface area contributed by atoms with Gasteiger partial charge < -0.3 is 4.74 Å². The topological polar surface area (TPSA) is 26.3 Å². The molecule has 92 valence electrons. The van der Waals surface area contributed by atoms with Gasteiger partial charge in [0, 0.05) is 6.08 Å². The fourth-order valence-electron chi connectivity index (χ4n) is 2.44. The highest BCUT2D eigenvalue weighted by atomic mass is 16.5. The van der Waals surface area contributed by atoms with E-state index in [1.54, 1.807) is 0 Å². The molecule has 1 aliphatic rings. The van der Waals surface area contributed by atoms with Gasteiger partial charge in [0.15, 0.2) is 0 Å². The summed E-state index contributed by atoms with van der Waals surface area (Å²) in [6.45, 7) is 6.23. The standard InChI is InChI=1S/C14H24O2/c1-3-5-6-12-7-9-13(10-8-12)11-16-14(15)4-2/h4,12-13H,2-3,5-11H2,1H3. The third-order valence-corrected chi connectivity index (χ3v) is 3.56. The molecule has 16 heavy (non-hydrogen) atoms. The molecule has 0 aromatic rings. The van der Waals surface area contributed by atoms with Crippen LogP contribution in [0.2, 0.25) is 0 Å². The molecule has 0 saturated heterocycles. The molecule has 2 nitrogen and oxygen atoms in total. The fraction of sp³-hybridized carbons (Fsp3) is 0.786. The van der Waals surface area contributed by atoms with Crippen LogP contribution >= 0.6 is 0 Å². The van der Waals surface area contributed by atoms with Crippen molar-refractivity contribution in [3.05, 3.63) is 12.7 Å². The Hall–Kier alpha value is -0.790. The molecular weight excluding hydrogens is 200 g/mol. The van der Waals surface area contributed by atoms with E-state index in [0.717, 1.165) is 5.92 Å². The number of ether oxygens (including phenoxy) is 1. The Labute approximate surface area is 99.1 Å². The minimum atomic E-state index is -0.284. The summed E-state index contributed by atoms with van der Waals surface area (Å²) in [5.74, 6) is 1.22. The highest BCUT2D eigenvalue weighted by Gasteiger charge is 2.21. The lowest BCUT2D eigenvalue weighted by Crippen LogP contribution is -2.20. The quantitative estimate of drug-likeness (QED) is 0.508. The van der Waals surface area contributed by atoms with Crippen LogP contribution in [0.4, 0.5) is 0 Å². The molecular formula is C14H24O2. The molecule has 0 bridgehead atoms. The third-order valence-electron chi connectivity index (χ3n) is 3.56. The van der Waals surface area contributed by atoms with Gasteiger partial charge in [0.05, 0.1) is 6.61 Å². The number of unbranched alkanes of at least 4 members (excludes halogenated alkanes) is 1. The van der Waals surface area contributed by atoms with Crippen molar-refractivity contribution in [3.63, 3.8) is 0 Å². The van der Waals surface area contributed by atoms with Crippen molar-refractivity contribution in [2.24, 2.45) is 11.8 Å². The highest BCUT2D eigenvalue weighted by Crippen LogP contribution is 2.31. The zero-order valence-electron chi connectivity index (χ0n) is 10.4. The Morgan fingerprint density at radius 3 is 2.50 bits per heavy atom. The minimum Gasteiger partial charge on any atom is -0.462 e. The van der Waals surface area contributed by atoms with Gasteiger partial charge in [-0.25, -0.2) is 4.79 Å². The maximum atomic E-state index is 10.9. The molecule has 2 heteroatoms. The fourth-order valence-corrected chi connectivity index (χ4v) is 2.44. The van der Waals surface area contributed by atoms with Gasteiger partial charge in [-0.2, -0.15) is 0 Å². The van der Waals surface area contributed by atoms with Crippen LogP contribution in [0, 0.1) is 11.8 Å². The van der Waals surface area contributed by atoms with Crippen LogP contribution in [0.25, 0.3) is 0 Å². The molecule has 0 aliphatic heterocycles. The normalized spacial score (nSPS) is 25.1. The second kappa shape index (κ2) is 7.48. The van der Waals surface area contributed by atoms with Crippen LogP contribution in [-0.4, -0.2) is 12.6 Å². The first-order valence-corrected chi connectivity index (χ1v) is 6.55. The first-order valence-electron chi connectivity index (χ1n) is 6.55. The summed E-state index contributed by atoms with van der Waals surface area (Å²) in [6.07, 6.45) is 10.4. The summed E-state index contributed by atoms with van der Waals surface area (Å²) < 4.78 is 5.09. The zero-order valence-corrected chi connectivity index (χ0v) is 10.4. The van der Waals surface area contributed by atoms with E-state index in [0.29, 0.717) is 12.5 Å². The van der Waals surface area contributed by atoms with Crippen molar-refractivity contribution in [1.82, 2.24) is 0 Å². The lowest BCUT2D eigenvalue weighted by molar-refractivity contribution is -0.139. The second-order valence-electron chi connectivity index (χ2n) is 4.86. The Balaban J connectivity index is 2.11. The van der Waals surface area contributed by atoms with Gasteiger partial charge in [-0.15, -0.1) is 0 Å². The van der Waals surface area contributed by atoms with Gasteiger partial charge in [-0.1, -0.05) is 45.6 Å². The van der Waals surface area contributed by atoms with Crippen molar-refractivity contribution in [3.8, 4) is 0 Å². The van der Waals surface area contributed by atoms with Gasteiger partial charge in [-0.05, 0) is 24.7 Å². The Morgan fingerprint density at radius 1 is 1.31 bits per heavy atom. The van der Waals surface area contributed by atoms with Gasteiger partial charge in [0.25, 0.3) is 0 Å². The van der Waals surface area contributed by atoms with Crippen LogP contribution in [0.3, 0.4) is 0 Å². The average molecular weight is 224 g/mol. The van der Waals surface area contributed by atoms with E-state index in [2.05, 4.69) is 13.5 Å². The van der Waals surface area contributed by atoms with E-state index in [9.17, 15) is 4.79 Å². The summed E-state index contributed by atoms with van der Waals surface area (Å²) in [4.78, 5) is 10.9. The van der Waals surface area contributed by atoms with Crippen LogP contribution in [-0.2, 0) is 9.53 Å². The number of carbonyl (C=O) groups is 1. The number of carbonyl (C=O) groups excluding carboxylic acids is 1. The summed E-state index contributed by atoms with van der Waals surface area (Å²) >= 11 is 0. The summed E-state index contributed by atoms with van der Waals surface area (Å²) in [7, 11) is 0. The first kappa shape index (κ1) is 13.3. The summed E-state index contributed by atoms with van der Waals surface area (Å²) in [5, 5.41) is 0. The van der Waals surface area contributed by atoms with Crippen LogP contribution in [0.1, 0.15) is 51.9 Å². The Morgan fingerprint density at radius 2 is 1.94 bits per heavy atom. The van der Waals surface area contributed by atoms with Crippen molar-refractivity contribution in [2.45, 2.75) is 51.9 Å². The number of hydrogen-bond acceptors (Lipinski definition) is 2. The molecule has 0 spiro atoms. The highest BCUT2D eigenvalue weighted by molar-refractivity contribution is 5.81. The number of rotatable bonds is 6. The molecule has 1 fully saturated rings. The molecule has 0 heterocycles. The van der Waals surface area contributed by atoms with Gasteiger partial charge >= 0.3 is 5.97 Å². The van der Waals surface area contributed by atoms with Crippen molar-refractivity contribution >= 4 is 5.97 Å². The maximum Gasteiger partial charge on any atom is 0.330 e. The lowest BCUT2D eigenvalue weighted by Gasteiger charge is -2.27. The van der Waals surface area contributed by atoms with E-state index in [1.807, 2.05) is 0 Å². The Kier molecular flexibility index (Phi) is 6.20. The van der Waals surface area contributed by atoms with Crippen LogP contribution in [0.5, 0.6) is 0 Å². The monoisotopic (exact) mass is 224 g/mol. The summed E-state index contributed by atoms with van der Waals surface area (Å²) in [5.41, 5.74) is 0. The van der Waals surface area contributed by atoms with Gasteiger partial charge in [-0.3, -0.25) is 0 Å². The van der Waals surface area contributed by atoms with E-state index in [-0.39, 0.29) is 5.97 Å². The largest absolute Gasteiger partial charge is 0.462 e. The van der Waals surface area contributed by atoms with E-state index in [1.165, 1.54) is 51.0 Å². The maximum absolute atomic E-state index is 10.9. The predicted octanol–water partition coefficient (Wildman–Crippen LogP) is 3.71. The Bertz CT molecular complexity index is 215. The van der Waals surface area contributed by atoms with E-state index in [4.69, 9.17) is 4.74 Å². The number of esters is 1. The van der Waals surface area contributed by atoms with Gasteiger partial charge in [0.1, 0.15) is 0 Å². The SMILES string of the molecule is C=CC(=O)OCC1CCC(CCCC)CC1. The molecule has 0 radical (unpaired) electrons. The molecule has 1 saturated carbocycles. The van der Waals surface area contributed by atoms with Crippen molar-refractivity contribution < 1.29 is 9.53 Å². The lowest BCUT2D eigenvalue weighted by atomic mass is 9.80. The third kappa shape index (κ3) is 4.82.